The monoisotopic (exact) mass is 1010 g/mol. The van der Waals surface area contributed by atoms with E-state index in [1.807, 2.05) is 12.1 Å². The minimum Gasteiger partial charge on any atom is -0.456 e. The lowest BCUT2D eigenvalue weighted by Crippen LogP contribution is -1.97. The first-order valence-electron chi connectivity index (χ1n) is 27.2. The summed E-state index contributed by atoms with van der Waals surface area (Å²) >= 11 is 0. The molecule has 0 spiro atoms. The highest BCUT2D eigenvalue weighted by atomic mass is 16.3. The van der Waals surface area contributed by atoms with Crippen molar-refractivity contribution >= 4 is 87.5 Å². The van der Waals surface area contributed by atoms with E-state index >= 15 is 0 Å². The van der Waals surface area contributed by atoms with Gasteiger partial charge in [0.2, 0.25) is 0 Å². The summed E-state index contributed by atoms with van der Waals surface area (Å²) in [5.74, 6) is 0. The van der Waals surface area contributed by atoms with Crippen LogP contribution in [0.25, 0.3) is 154 Å². The van der Waals surface area contributed by atoms with Crippen LogP contribution in [0.15, 0.2) is 258 Å². The molecule has 12 aromatic carbocycles. The lowest BCUT2D eigenvalue weighted by Gasteiger charge is -2.13. The van der Waals surface area contributed by atoms with Crippen molar-refractivity contribution in [3.63, 3.8) is 0 Å². The second-order valence-electron chi connectivity index (χ2n) is 21.4. The van der Waals surface area contributed by atoms with Crippen LogP contribution in [0.2, 0.25) is 0 Å². The number of hydrogen-bond acceptors (Lipinski definition) is 2. The van der Waals surface area contributed by atoms with Crippen LogP contribution < -0.4 is 0 Å². The molecule has 0 aliphatic heterocycles. The van der Waals surface area contributed by atoms with Gasteiger partial charge >= 0.3 is 0 Å². The number of fused-ring (bicyclic) bond motifs is 12. The van der Waals surface area contributed by atoms with Gasteiger partial charge < -0.3 is 18.0 Å². The molecule has 372 valence electrons. The number of furan rings is 2. The number of hydrogen-bond donors (Lipinski definition) is 0. The molecule has 4 heterocycles. The zero-order chi connectivity index (χ0) is 52.5. The van der Waals surface area contributed by atoms with Crippen LogP contribution in [-0.2, 0) is 0 Å². The first-order valence-corrected chi connectivity index (χ1v) is 27.2. The molecule has 0 bridgehead atoms. The Kier molecular flexibility index (Phi) is 9.95. The molecule has 0 aliphatic rings. The number of aromatic nitrogens is 2. The van der Waals surface area contributed by atoms with Gasteiger partial charge in [0.1, 0.15) is 22.3 Å². The Hall–Kier alpha value is -10.2. The van der Waals surface area contributed by atoms with Crippen molar-refractivity contribution in [1.29, 1.82) is 0 Å². The van der Waals surface area contributed by atoms with E-state index in [1.165, 1.54) is 99.2 Å². The summed E-state index contributed by atoms with van der Waals surface area (Å²) < 4.78 is 17.8. The molecule has 4 nitrogen and oxygen atoms in total. The van der Waals surface area contributed by atoms with Gasteiger partial charge in [-0.05, 0) is 160 Å². The van der Waals surface area contributed by atoms with E-state index in [9.17, 15) is 0 Å². The van der Waals surface area contributed by atoms with Crippen LogP contribution in [-0.4, -0.2) is 9.13 Å². The molecule has 0 atom stereocenters. The molecule has 0 amide bonds. The molecule has 0 unspecified atom stereocenters. The average molecular weight is 1010 g/mol. The largest absolute Gasteiger partial charge is 0.456 e. The summed E-state index contributed by atoms with van der Waals surface area (Å²) in [6.07, 6.45) is 0. The third kappa shape index (κ3) is 7.08. The van der Waals surface area contributed by atoms with Crippen molar-refractivity contribution in [2.45, 2.75) is 20.8 Å². The molecule has 0 fully saturated rings. The van der Waals surface area contributed by atoms with Gasteiger partial charge in [0.15, 0.2) is 0 Å². The Morgan fingerprint density at radius 1 is 0.253 bits per heavy atom. The summed E-state index contributed by atoms with van der Waals surface area (Å²) in [5, 5.41) is 9.53. The normalized spacial score (nSPS) is 12.0. The molecule has 0 saturated heterocycles. The number of rotatable bonds is 7. The Labute approximate surface area is 456 Å². The quantitative estimate of drug-likeness (QED) is 0.159. The molecular formula is C75H50N2O2. The molecule has 16 rings (SSSR count). The zero-order valence-electron chi connectivity index (χ0n) is 43.9. The van der Waals surface area contributed by atoms with E-state index in [4.69, 9.17) is 8.83 Å². The lowest BCUT2D eigenvalue weighted by molar-refractivity contribution is 0.669. The van der Waals surface area contributed by atoms with Crippen LogP contribution in [0.5, 0.6) is 0 Å². The van der Waals surface area contributed by atoms with Gasteiger partial charge in [0.05, 0.1) is 22.1 Å². The summed E-state index contributed by atoms with van der Waals surface area (Å²) in [4.78, 5) is 0. The van der Waals surface area contributed by atoms with Crippen LogP contribution in [0, 0.1) is 20.8 Å². The van der Waals surface area contributed by atoms with Crippen molar-refractivity contribution in [2.24, 2.45) is 0 Å². The first-order chi connectivity index (χ1) is 38.9. The fourth-order valence-corrected chi connectivity index (χ4v) is 12.9. The first kappa shape index (κ1) is 45.1. The Morgan fingerprint density at radius 3 is 1.30 bits per heavy atom. The van der Waals surface area contributed by atoms with Gasteiger partial charge in [0, 0.05) is 60.0 Å². The van der Waals surface area contributed by atoms with E-state index in [2.05, 4.69) is 266 Å². The Balaban J connectivity index is 0.698. The number of aryl methyl sites for hydroxylation is 3. The highest BCUT2D eigenvalue weighted by Gasteiger charge is 2.21. The van der Waals surface area contributed by atoms with Gasteiger partial charge in [-0.1, -0.05) is 176 Å². The summed E-state index contributed by atoms with van der Waals surface area (Å²) in [5.41, 5.74) is 26.2. The molecule has 0 radical (unpaired) electrons. The number of nitrogens with zero attached hydrogens (tertiary/aromatic N) is 2. The minimum absolute atomic E-state index is 0.881. The maximum absolute atomic E-state index is 6.82. The standard InChI is InChI=1S/C75H50N2O2/c1-45-11-8-16-62-60-13-4-6-19-68(60)76(72(45)62)57-35-29-50(30-36-57)48-23-27-53(28-24-48)55-34-40-71-66(43-55)64-18-10-15-59(75(64)79-71)56-41-47(3)74-67(44-56)63-17-9-12-46(2)73(63)77(74)58-37-31-51(32-38-58)49-21-25-52(26-22-49)54-33-39-70-65(42-54)61-14-5-7-20-69(61)78-70/h4-44H,1-3H3. The van der Waals surface area contributed by atoms with Crippen LogP contribution in [0.4, 0.5) is 0 Å². The molecule has 79 heavy (non-hydrogen) atoms. The predicted octanol–water partition coefficient (Wildman–Crippen LogP) is 20.9. The van der Waals surface area contributed by atoms with Crippen molar-refractivity contribution in [2.75, 3.05) is 0 Å². The van der Waals surface area contributed by atoms with Gasteiger partial charge in [-0.15, -0.1) is 0 Å². The average Bonchev–Trinajstić information content (AvgIpc) is 4.32. The van der Waals surface area contributed by atoms with E-state index < -0.39 is 0 Å². The fraction of sp³-hybridized carbons (Fsp3) is 0.0400. The van der Waals surface area contributed by atoms with E-state index in [1.54, 1.807) is 0 Å². The van der Waals surface area contributed by atoms with Crippen molar-refractivity contribution in [3.05, 3.63) is 265 Å². The molecule has 0 aliphatic carbocycles. The SMILES string of the molecule is Cc1cccc2c3ccccc3n(-c3ccc(-c4ccc(-c5ccc6oc7c(-c8cc(C)c9c(c8)c8cccc(C)c8n9-c8ccc(-c9ccc(-c%10ccc%11oc%12ccccc%12c%11c%10)cc9)cc8)cccc7c6c5)cc4)cc3)c12. The van der Waals surface area contributed by atoms with Crippen LogP contribution in [0.3, 0.4) is 0 Å². The number of para-hydroxylation sites is 5. The Morgan fingerprint density at radius 2 is 0.671 bits per heavy atom. The molecule has 4 aromatic heterocycles. The second-order valence-corrected chi connectivity index (χ2v) is 21.4. The van der Waals surface area contributed by atoms with Gasteiger partial charge in [-0.25, -0.2) is 0 Å². The molecule has 0 N–H and O–H groups in total. The molecule has 4 heteroatoms. The van der Waals surface area contributed by atoms with E-state index in [0.717, 1.165) is 71.9 Å². The fourth-order valence-electron chi connectivity index (χ4n) is 12.9. The zero-order valence-corrected chi connectivity index (χ0v) is 43.9. The van der Waals surface area contributed by atoms with Gasteiger partial charge in [-0.3, -0.25) is 0 Å². The van der Waals surface area contributed by atoms with Crippen LogP contribution in [0.1, 0.15) is 16.7 Å². The topological polar surface area (TPSA) is 36.1 Å². The van der Waals surface area contributed by atoms with Crippen molar-refractivity contribution in [3.8, 4) is 67.0 Å². The van der Waals surface area contributed by atoms with E-state index in [-0.39, 0.29) is 0 Å². The lowest BCUT2D eigenvalue weighted by atomic mass is 9.96. The summed E-state index contributed by atoms with van der Waals surface area (Å²) in [7, 11) is 0. The third-order valence-corrected chi connectivity index (χ3v) is 16.7. The summed E-state index contributed by atoms with van der Waals surface area (Å²) in [6.45, 7) is 6.68. The number of benzene rings is 12. The third-order valence-electron chi connectivity index (χ3n) is 16.7. The minimum atomic E-state index is 0.881. The maximum atomic E-state index is 6.82. The van der Waals surface area contributed by atoms with Crippen molar-refractivity contribution in [1.82, 2.24) is 9.13 Å². The van der Waals surface area contributed by atoms with Gasteiger partial charge in [-0.2, -0.15) is 0 Å². The maximum Gasteiger partial charge on any atom is 0.143 e. The second kappa shape index (κ2) is 17.4. The smallest absolute Gasteiger partial charge is 0.143 e. The predicted molar refractivity (Wildman–Crippen MR) is 331 cm³/mol. The van der Waals surface area contributed by atoms with E-state index in [0.29, 0.717) is 0 Å². The van der Waals surface area contributed by atoms with Crippen LogP contribution >= 0.6 is 0 Å². The highest BCUT2D eigenvalue weighted by Crippen LogP contribution is 2.43. The molecule has 0 saturated carbocycles. The van der Waals surface area contributed by atoms with Gasteiger partial charge in [0.25, 0.3) is 0 Å². The summed E-state index contributed by atoms with van der Waals surface area (Å²) in [6, 6.07) is 90.5. The Bertz CT molecular complexity index is 5120. The molecule has 16 aromatic rings. The van der Waals surface area contributed by atoms with Crippen molar-refractivity contribution < 1.29 is 8.83 Å². The molecular weight excluding hydrogens is 961 g/mol. The highest BCUT2D eigenvalue weighted by molar-refractivity contribution is 6.15.